The van der Waals surface area contributed by atoms with Crippen molar-refractivity contribution in [2.45, 2.75) is 19.3 Å². The largest absolute Gasteiger partial charge is 0.394 e. The molecule has 0 saturated carbocycles. The van der Waals surface area contributed by atoms with E-state index >= 15 is 0 Å². The van der Waals surface area contributed by atoms with Gasteiger partial charge in [-0.3, -0.25) is 9.36 Å². The van der Waals surface area contributed by atoms with Gasteiger partial charge in [-0.15, -0.1) is 0 Å². The zero-order chi connectivity index (χ0) is 18.7. The van der Waals surface area contributed by atoms with Crippen LogP contribution >= 0.6 is 0 Å². The van der Waals surface area contributed by atoms with Gasteiger partial charge in [0.1, 0.15) is 6.10 Å². The number of halogens is 1. The van der Waals surface area contributed by atoms with Gasteiger partial charge in [0, 0.05) is 5.56 Å². The van der Waals surface area contributed by atoms with Gasteiger partial charge in [0.05, 0.1) is 26.0 Å². The second-order valence-electron chi connectivity index (χ2n) is 5.87. The number of carbonyl (C=O) groups excluding carboxylic acids is 1. The average molecular weight is 363 g/mol. The molecule has 1 amide bonds. The van der Waals surface area contributed by atoms with Gasteiger partial charge in [-0.2, -0.15) is 4.98 Å². The molecule has 9 heteroatoms. The van der Waals surface area contributed by atoms with Gasteiger partial charge in [0.25, 0.3) is 5.91 Å². The minimum atomic E-state index is -0.877. The molecule has 2 aromatic rings. The van der Waals surface area contributed by atoms with Gasteiger partial charge < -0.3 is 19.9 Å². The lowest BCUT2D eigenvalue weighted by atomic mass is 10.1. The molecule has 1 aliphatic rings. The fourth-order valence-electron chi connectivity index (χ4n) is 2.42. The number of ether oxygens (including phenoxy) is 2. The van der Waals surface area contributed by atoms with Gasteiger partial charge in [0.2, 0.25) is 0 Å². The Morgan fingerprint density at radius 1 is 1.35 bits per heavy atom. The number of hydrogen-bond donors (Lipinski definition) is 2. The fraction of sp³-hybridized carbons (Fsp3) is 0.353. The Balaban J connectivity index is 1.76. The summed E-state index contributed by atoms with van der Waals surface area (Å²) in [5, 5.41) is 11.3. The SMILES string of the molecule is Cc1ccc(C(=O)Nc2nc(=O)n(C3COC(CO)CO3)cc2F)cc1. The van der Waals surface area contributed by atoms with Crippen LogP contribution in [-0.4, -0.2) is 46.5 Å². The highest BCUT2D eigenvalue weighted by molar-refractivity contribution is 6.03. The van der Waals surface area contributed by atoms with Crippen LogP contribution in [0.25, 0.3) is 0 Å². The molecule has 1 fully saturated rings. The van der Waals surface area contributed by atoms with Crippen LogP contribution < -0.4 is 11.0 Å². The van der Waals surface area contributed by atoms with Crippen LogP contribution in [0.4, 0.5) is 10.2 Å². The van der Waals surface area contributed by atoms with Gasteiger partial charge >= 0.3 is 5.69 Å². The topological polar surface area (TPSA) is 103 Å². The number of aromatic nitrogens is 2. The van der Waals surface area contributed by atoms with Crippen molar-refractivity contribution in [3.8, 4) is 0 Å². The maximum Gasteiger partial charge on any atom is 0.351 e. The second-order valence-corrected chi connectivity index (χ2v) is 5.87. The molecular weight excluding hydrogens is 345 g/mol. The van der Waals surface area contributed by atoms with E-state index in [2.05, 4.69) is 10.3 Å². The monoisotopic (exact) mass is 363 g/mol. The highest BCUT2D eigenvalue weighted by Gasteiger charge is 2.25. The Hall–Kier alpha value is -2.62. The molecule has 0 radical (unpaired) electrons. The van der Waals surface area contributed by atoms with E-state index in [1.165, 1.54) is 0 Å². The van der Waals surface area contributed by atoms with Crippen LogP contribution in [0.1, 0.15) is 22.1 Å². The molecule has 2 atom stereocenters. The first kappa shape index (κ1) is 18.2. The Morgan fingerprint density at radius 3 is 2.69 bits per heavy atom. The predicted octanol–water partition coefficient (Wildman–Crippen LogP) is 0.849. The number of carbonyl (C=O) groups is 1. The van der Waals surface area contributed by atoms with Crippen molar-refractivity contribution in [3.63, 3.8) is 0 Å². The molecule has 1 saturated heterocycles. The normalized spacial score (nSPS) is 20.0. The Labute approximate surface area is 148 Å². The summed E-state index contributed by atoms with van der Waals surface area (Å²) in [5.74, 6) is -1.91. The van der Waals surface area contributed by atoms with Crippen LogP contribution in [0.5, 0.6) is 0 Å². The average Bonchev–Trinajstić information content (AvgIpc) is 2.65. The van der Waals surface area contributed by atoms with Crippen molar-refractivity contribution >= 4 is 11.7 Å². The highest BCUT2D eigenvalue weighted by atomic mass is 19.1. The van der Waals surface area contributed by atoms with Crippen LogP contribution in [-0.2, 0) is 9.47 Å². The smallest absolute Gasteiger partial charge is 0.351 e. The lowest BCUT2D eigenvalue weighted by Crippen LogP contribution is -2.40. The van der Waals surface area contributed by atoms with Gasteiger partial charge in [-0.1, -0.05) is 17.7 Å². The summed E-state index contributed by atoms with van der Waals surface area (Å²) >= 11 is 0. The van der Waals surface area contributed by atoms with Crippen molar-refractivity contribution in [3.05, 3.63) is 57.9 Å². The Bertz CT molecular complexity index is 844. The number of aliphatic hydroxyl groups is 1. The molecular formula is C17H18FN3O5. The summed E-state index contributed by atoms with van der Waals surface area (Å²) in [5.41, 5.74) is 0.508. The predicted molar refractivity (Wildman–Crippen MR) is 89.4 cm³/mol. The van der Waals surface area contributed by atoms with E-state index in [-0.39, 0.29) is 19.8 Å². The molecule has 8 nitrogen and oxygen atoms in total. The van der Waals surface area contributed by atoms with E-state index in [0.29, 0.717) is 5.56 Å². The second kappa shape index (κ2) is 7.73. The number of aliphatic hydroxyl groups excluding tert-OH is 1. The molecule has 3 rings (SSSR count). The van der Waals surface area contributed by atoms with E-state index in [4.69, 9.17) is 14.6 Å². The van der Waals surface area contributed by atoms with Gasteiger partial charge in [0.15, 0.2) is 17.9 Å². The van der Waals surface area contributed by atoms with Crippen molar-refractivity contribution in [2.75, 3.05) is 25.1 Å². The third-order valence-corrected chi connectivity index (χ3v) is 3.92. The van der Waals surface area contributed by atoms with Gasteiger partial charge in [-0.05, 0) is 19.1 Å². The highest BCUT2D eigenvalue weighted by Crippen LogP contribution is 2.17. The molecule has 2 N–H and O–H groups in total. The molecule has 26 heavy (non-hydrogen) atoms. The Morgan fingerprint density at radius 2 is 2.08 bits per heavy atom. The third kappa shape index (κ3) is 3.96. The lowest BCUT2D eigenvalue weighted by Gasteiger charge is -2.29. The summed E-state index contributed by atoms with van der Waals surface area (Å²) in [6.45, 7) is 1.71. The molecule has 1 aromatic carbocycles. The number of aryl methyl sites for hydroxylation is 1. The first-order chi connectivity index (χ1) is 12.5. The zero-order valence-electron chi connectivity index (χ0n) is 14.0. The minimum Gasteiger partial charge on any atom is -0.394 e. The van der Waals surface area contributed by atoms with E-state index in [1.54, 1.807) is 24.3 Å². The van der Waals surface area contributed by atoms with Crippen molar-refractivity contribution in [1.29, 1.82) is 0 Å². The number of amides is 1. The molecule has 1 aromatic heterocycles. The minimum absolute atomic E-state index is 0.0265. The van der Waals surface area contributed by atoms with Crippen molar-refractivity contribution < 1.29 is 23.8 Å². The van der Waals surface area contributed by atoms with Gasteiger partial charge in [-0.25, -0.2) is 9.18 Å². The first-order valence-corrected chi connectivity index (χ1v) is 7.98. The molecule has 1 aliphatic heterocycles. The number of rotatable bonds is 4. The quantitative estimate of drug-likeness (QED) is 0.835. The van der Waals surface area contributed by atoms with E-state index < -0.39 is 35.6 Å². The maximum absolute atomic E-state index is 14.3. The lowest BCUT2D eigenvalue weighted by molar-refractivity contribution is -0.172. The summed E-state index contributed by atoms with van der Waals surface area (Å²) in [4.78, 5) is 27.9. The zero-order valence-corrected chi connectivity index (χ0v) is 14.0. The van der Waals surface area contributed by atoms with Crippen LogP contribution in [0.3, 0.4) is 0 Å². The molecule has 2 unspecified atom stereocenters. The van der Waals surface area contributed by atoms with Crippen molar-refractivity contribution in [2.24, 2.45) is 0 Å². The summed E-state index contributed by atoms with van der Waals surface area (Å²) in [6, 6.07) is 6.68. The molecule has 0 aliphatic carbocycles. The third-order valence-electron chi connectivity index (χ3n) is 3.92. The molecule has 138 valence electrons. The van der Waals surface area contributed by atoms with E-state index in [1.807, 2.05) is 6.92 Å². The summed E-state index contributed by atoms with van der Waals surface area (Å²) in [7, 11) is 0. The number of nitrogens with one attached hydrogen (secondary N) is 1. The van der Waals surface area contributed by atoms with E-state index in [9.17, 15) is 14.0 Å². The molecule has 0 bridgehead atoms. The van der Waals surface area contributed by atoms with Crippen molar-refractivity contribution in [1.82, 2.24) is 9.55 Å². The van der Waals surface area contributed by atoms with Crippen LogP contribution in [0.15, 0.2) is 35.3 Å². The first-order valence-electron chi connectivity index (χ1n) is 7.98. The summed E-state index contributed by atoms with van der Waals surface area (Å²) in [6.07, 6.45) is -0.421. The number of nitrogens with zero attached hydrogens (tertiary/aromatic N) is 2. The summed E-state index contributed by atoms with van der Waals surface area (Å²) < 4.78 is 25.9. The molecule has 2 heterocycles. The Kier molecular flexibility index (Phi) is 5.40. The number of hydrogen-bond acceptors (Lipinski definition) is 6. The number of benzene rings is 1. The molecule has 0 spiro atoms. The van der Waals surface area contributed by atoms with E-state index in [0.717, 1.165) is 16.3 Å². The number of anilines is 1. The van der Waals surface area contributed by atoms with Crippen LogP contribution in [0.2, 0.25) is 0 Å². The van der Waals surface area contributed by atoms with Crippen LogP contribution in [0, 0.1) is 12.7 Å². The maximum atomic E-state index is 14.3. The standard InChI is InChI=1S/C17H18FN3O5/c1-10-2-4-11(5-3-10)16(23)19-15-13(18)6-21(17(24)20-15)14-9-25-12(7-22)8-26-14/h2-6,12,14,22H,7-9H2,1H3,(H,19,20,23,24). The fourth-order valence-corrected chi connectivity index (χ4v) is 2.42.